The summed E-state index contributed by atoms with van der Waals surface area (Å²) in [7, 11) is 0. The molecule has 0 fully saturated rings. The van der Waals surface area contributed by atoms with Crippen LogP contribution in [0.25, 0.3) is 0 Å². The number of ether oxygens (including phenoxy) is 1. The van der Waals surface area contributed by atoms with Crippen LogP contribution in [0.4, 0.5) is 14.9 Å². The van der Waals surface area contributed by atoms with Gasteiger partial charge in [-0.2, -0.15) is 0 Å². The summed E-state index contributed by atoms with van der Waals surface area (Å²) in [5, 5.41) is 8.97. The zero-order chi connectivity index (χ0) is 15.8. The lowest BCUT2D eigenvalue weighted by atomic mass is 9.99. The lowest BCUT2D eigenvalue weighted by Crippen LogP contribution is -2.40. The second-order valence-electron chi connectivity index (χ2n) is 6.01. The smallest absolute Gasteiger partial charge is 0.414 e. The van der Waals surface area contributed by atoms with Crippen molar-refractivity contribution in [1.82, 2.24) is 0 Å². The van der Waals surface area contributed by atoms with E-state index in [0.717, 1.165) is 6.07 Å². The van der Waals surface area contributed by atoms with Crippen molar-refractivity contribution >= 4 is 17.7 Å². The van der Waals surface area contributed by atoms with Gasteiger partial charge in [-0.15, -0.1) is 0 Å². The van der Waals surface area contributed by atoms with E-state index in [-0.39, 0.29) is 11.3 Å². The number of fused-ring (bicyclic) bond motifs is 1. The van der Waals surface area contributed by atoms with Gasteiger partial charge in [0.2, 0.25) is 0 Å². The predicted octanol–water partition coefficient (Wildman–Crippen LogP) is 3.21. The summed E-state index contributed by atoms with van der Waals surface area (Å²) in [5.41, 5.74) is -0.145. The Kier molecular flexibility index (Phi) is 3.89. The molecule has 0 aromatic heterocycles. The molecule has 114 valence electrons. The van der Waals surface area contributed by atoms with Crippen LogP contribution in [-0.4, -0.2) is 29.3 Å². The first-order chi connectivity index (χ1) is 9.69. The van der Waals surface area contributed by atoms with Crippen molar-refractivity contribution in [2.75, 3.05) is 11.4 Å². The first-order valence-corrected chi connectivity index (χ1v) is 6.75. The maximum absolute atomic E-state index is 14.2. The molecule has 1 aliphatic heterocycles. The van der Waals surface area contributed by atoms with Crippen molar-refractivity contribution in [3.8, 4) is 0 Å². The molecule has 2 rings (SSSR count). The first-order valence-electron chi connectivity index (χ1n) is 6.75. The zero-order valence-corrected chi connectivity index (χ0v) is 12.3. The number of carboxylic acids is 1. The number of aromatic carboxylic acids is 1. The van der Waals surface area contributed by atoms with Gasteiger partial charge >= 0.3 is 12.1 Å². The van der Waals surface area contributed by atoms with Gasteiger partial charge in [0.15, 0.2) is 0 Å². The molecule has 0 bridgehead atoms. The van der Waals surface area contributed by atoms with Crippen molar-refractivity contribution in [1.29, 1.82) is 0 Å². The first kappa shape index (κ1) is 15.3. The number of carbonyl (C=O) groups excluding carboxylic acids is 1. The lowest BCUT2D eigenvalue weighted by molar-refractivity contribution is 0.0576. The van der Waals surface area contributed by atoms with E-state index in [1.165, 1.54) is 11.0 Å². The Bertz CT molecular complexity index is 592. The summed E-state index contributed by atoms with van der Waals surface area (Å²) in [4.78, 5) is 24.4. The van der Waals surface area contributed by atoms with Crippen LogP contribution in [0.1, 0.15) is 43.1 Å². The number of aryl methyl sites for hydroxylation is 1. The van der Waals surface area contributed by atoms with Crippen LogP contribution in [-0.2, 0) is 11.2 Å². The molecule has 1 aromatic carbocycles. The second kappa shape index (κ2) is 5.35. The van der Waals surface area contributed by atoms with Gasteiger partial charge in [-0.05, 0) is 51.3 Å². The molecule has 6 heteroatoms. The summed E-state index contributed by atoms with van der Waals surface area (Å²) in [6.07, 6.45) is 0.548. The van der Waals surface area contributed by atoms with E-state index in [1.807, 2.05) is 0 Å². The quantitative estimate of drug-likeness (QED) is 0.864. The molecule has 1 N–H and O–H groups in total. The third-order valence-electron chi connectivity index (χ3n) is 3.10. The summed E-state index contributed by atoms with van der Waals surface area (Å²) in [5.74, 6) is -1.90. The monoisotopic (exact) mass is 295 g/mol. The molecule has 0 radical (unpaired) electrons. The Morgan fingerprint density at radius 1 is 1.33 bits per heavy atom. The molecule has 1 aromatic rings. The minimum absolute atomic E-state index is 0.114. The van der Waals surface area contributed by atoms with E-state index >= 15 is 0 Å². The molecule has 5 nitrogen and oxygen atoms in total. The van der Waals surface area contributed by atoms with E-state index in [1.54, 1.807) is 20.8 Å². The van der Waals surface area contributed by atoms with Gasteiger partial charge in [-0.3, -0.25) is 4.90 Å². The molecule has 1 amide bonds. The number of carbonyl (C=O) groups is 2. The number of hydrogen-bond donors (Lipinski definition) is 1. The van der Waals surface area contributed by atoms with Crippen LogP contribution in [0.3, 0.4) is 0 Å². The highest BCUT2D eigenvalue weighted by Crippen LogP contribution is 2.32. The molecule has 0 spiro atoms. The highest BCUT2D eigenvalue weighted by molar-refractivity contribution is 5.93. The van der Waals surface area contributed by atoms with E-state index in [2.05, 4.69) is 0 Å². The maximum atomic E-state index is 14.2. The summed E-state index contributed by atoms with van der Waals surface area (Å²) < 4.78 is 19.5. The average Bonchev–Trinajstić information content (AvgIpc) is 2.35. The van der Waals surface area contributed by atoms with Crippen LogP contribution in [0.5, 0.6) is 0 Å². The van der Waals surface area contributed by atoms with Gasteiger partial charge < -0.3 is 9.84 Å². The van der Waals surface area contributed by atoms with Crippen LogP contribution in [0, 0.1) is 5.82 Å². The number of amides is 1. The van der Waals surface area contributed by atoms with Crippen molar-refractivity contribution in [2.24, 2.45) is 0 Å². The summed E-state index contributed by atoms with van der Waals surface area (Å²) in [6, 6.07) is 2.35. The maximum Gasteiger partial charge on any atom is 0.414 e. The van der Waals surface area contributed by atoms with E-state index in [0.29, 0.717) is 24.9 Å². The number of anilines is 1. The number of benzene rings is 1. The Morgan fingerprint density at radius 2 is 2.00 bits per heavy atom. The average molecular weight is 295 g/mol. The fourth-order valence-electron chi connectivity index (χ4n) is 2.31. The lowest BCUT2D eigenvalue weighted by Gasteiger charge is -2.32. The SMILES string of the molecule is CC(C)(C)OC(=O)N1CCCc2cc(C(=O)O)cc(F)c21. The third-order valence-corrected chi connectivity index (χ3v) is 3.10. The number of carboxylic acid groups (broad SMARTS) is 1. The number of rotatable bonds is 1. The zero-order valence-electron chi connectivity index (χ0n) is 12.3. The largest absolute Gasteiger partial charge is 0.478 e. The van der Waals surface area contributed by atoms with Crippen LogP contribution >= 0.6 is 0 Å². The van der Waals surface area contributed by atoms with Gasteiger partial charge in [-0.1, -0.05) is 0 Å². The highest BCUT2D eigenvalue weighted by Gasteiger charge is 2.30. The minimum atomic E-state index is -1.19. The minimum Gasteiger partial charge on any atom is -0.478 e. The van der Waals surface area contributed by atoms with E-state index in [9.17, 15) is 14.0 Å². The standard InChI is InChI=1S/C15H18FNO4/c1-15(2,3)21-14(20)17-6-4-5-9-7-10(13(18)19)8-11(16)12(9)17/h7-8H,4-6H2,1-3H3,(H,18,19). The third kappa shape index (κ3) is 3.32. The van der Waals surface area contributed by atoms with Gasteiger partial charge in [0.05, 0.1) is 11.3 Å². The predicted molar refractivity (Wildman–Crippen MR) is 75.3 cm³/mol. The molecule has 1 heterocycles. The fourth-order valence-corrected chi connectivity index (χ4v) is 2.31. The summed E-state index contributed by atoms with van der Waals surface area (Å²) >= 11 is 0. The Hall–Kier alpha value is -2.11. The van der Waals surface area contributed by atoms with Crippen molar-refractivity contribution in [3.63, 3.8) is 0 Å². The van der Waals surface area contributed by atoms with Crippen molar-refractivity contribution < 1.29 is 23.8 Å². The fraction of sp³-hybridized carbons (Fsp3) is 0.467. The van der Waals surface area contributed by atoms with Gasteiger partial charge in [0.1, 0.15) is 11.4 Å². The van der Waals surface area contributed by atoms with E-state index < -0.39 is 23.5 Å². The van der Waals surface area contributed by atoms with Gasteiger partial charge in [0.25, 0.3) is 0 Å². The Balaban J connectivity index is 2.40. The molecule has 0 unspecified atom stereocenters. The molecular formula is C15H18FNO4. The van der Waals surface area contributed by atoms with Crippen LogP contribution in [0.15, 0.2) is 12.1 Å². The van der Waals surface area contributed by atoms with Gasteiger partial charge in [0, 0.05) is 6.54 Å². The Labute approximate surface area is 122 Å². The highest BCUT2D eigenvalue weighted by atomic mass is 19.1. The number of hydrogen-bond acceptors (Lipinski definition) is 3. The van der Waals surface area contributed by atoms with Gasteiger partial charge in [-0.25, -0.2) is 14.0 Å². The second-order valence-corrected chi connectivity index (χ2v) is 6.01. The molecule has 0 saturated heterocycles. The molecular weight excluding hydrogens is 277 g/mol. The molecule has 0 aliphatic carbocycles. The topological polar surface area (TPSA) is 66.8 Å². The van der Waals surface area contributed by atoms with E-state index in [4.69, 9.17) is 9.84 Å². The molecule has 0 atom stereocenters. The summed E-state index contributed by atoms with van der Waals surface area (Å²) in [6.45, 7) is 5.56. The molecule has 1 aliphatic rings. The molecule has 0 saturated carbocycles. The number of nitrogens with zero attached hydrogens (tertiary/aromatic N) is 1. The van der Waals surface area contributed by atoms with Crippen molar-refractivity contribution in [3.05, 3.63) is 29.1 Å². The van der Waals surface area contributed by atoms with Crippen LogP contribution in [0.2, 0.25) is 0 Å². The van der Waals surface area contributed by atoms with Crippen molar-refractivity contribution in [2.45, 2.75) is 39.2 Å². The normalized spacial score (nSPS) is 14.6. The molecule has 21 heavy (non-hydrogen) atoms. The number of halogens is 1. The Morgan fingerprint density at radius 3 is 2.57 bits per heavy atom. The van der Waals surface area contributed by atoms with Crippen LogP contribution < -0.4 is 4.90 Å².